The highest BCUT2D eigenvalue weighted by Crippen LogP contribution is 2.28. The average molecular weight is 364 g/mol. The highest BCUT2D eigenvalue weighted by Gasteiger charge is 2.25. The molecular formula is C13H18BrNO4S. The minimum atomic E-state index is -3.61. The molecule has 7 heteroatoms. The second-order valence-electron chi connectivity index (χ2n) is 4.89. The molecule has 0 atom stereocenters. The van der Waals surface area contributed by atoms with Gasteiger partial charge >= 0.3 is 0 Å². The van der Waals surface area contributed by atoms with Gasteiger partial charge in [-0.25, -0.2) is 13.1 Å². The maximum atomic E-state index is 12.5. The number of rotatable bonds is 4. The summed E-state index contributed by atoms with van der Waals surface area (Å²) < 4.78 is 33.4. The summed E-state index contributed by atoms with van der Waals surface area (Å²) in [4.78, 5) is 0.174. The van der Waals surface area contributed by atoms with Gasteiger partial charge in [0.25, 0.3) is 0 Å². The molecule has 0 saturated carbocycles. The van der Waals surface area contributed by atoms with Gasteiger partial charge in [-0.1, -0.05) is 6.07 Å². The Bertz CT molecular complexity index is 582. The van der Waals surface area contributed by atoms with Crippen molar-refractivity contribution in [2.24, 2.45) is 0 Å². The molecule has 1 aromatic rings. The van der Waals surface area contributed by atoms with Crippen LogP contribution >= 0.6 is 15.9 Å². The zero-order chi connectivity index (χ0) is 14.8. The van der Waals surface area contributed by atoms with Crippen molar-refractivity contribution in [3.8, 4) is 0 Å². The summed E-state index contributed by atoms with van der Waals surface area (Å²) in [6, 6.07) is 3.16. The maximum Gasteiger partial charge on any atom is 0.241 e. The van der Waals surface area contributed by atoms with Crippen molar-refractivity contribution in [1.29, 1.82) is 0 Å². The molecular weight excluding hydrogens is 346 g/mol. The summed E-state index contributed by atoms with van der Waals surface area (Å²) in [5.41, 5.74) is 1.36. The molecule has 0 radical (unpaired) electrons. The molecule has 20 heavy (non-hydrogen) atoms. The first-order valence-electron chi connectivity index (χ1n) is 6.44. The molecule has 1 heterocycles. The number of aliphatic hydroxyl groups is 1. The van der Waals surface area contributed by atoms with E-state index in [0.29, 0.717) is 36.1 Å². The van der Waals surface area contributed by atoms with Gasteiger partial charge in [0.05, 0.1) is 11.5 Å². The molecule has 0 amide bonds. The van der Waals surface area contributed by atoms with Crippen LogP contribution in [0.4, 0.5) is 0 Å². The first-order chi connectivity index (χ1) is 9.44. The third-order valence-electron chi connectivity index (χ3n) is 3.30. The molecule has 2 rings (SSSR count). The van der Waals surface area contributed by atoms with Gasteiger partial charge in [0.2, 0.25) is 10.0 Å². The van der Waals surface area contributed by atoms with E-state index < -0.39 is 10.0 Å². The van der Waals surface area contributed by atoms with Crippen LogP contribution in [-0.4, -0.2) is 32.8 Å². The quantitative estimate of drug-likeness (QED) is 0.853. The van der Waals surface area contributed by atoms with Gasteiger partial charge in [0.15, 0.2) is 0 Å². The van der Waals surface area contributed by atoms with Gasteiger partial charge in [0.1, 0.15) is 0 Å². The molecule has 2 N–H and O–H groups in total. The number of hydrogen-bond acceptors (Lipinski definition) is 4. The van der Waals surface area contributed by atoms with Gasteiger partial charge in [-0.15, -0.1) is 0 Å². The SMILES string of the molecule is Cc1cc(CO)cc(S(=O)(=O)NC2CCOCC2)c1Br. The van der Waals surface area contributed by atoms with Gasteiger partial charge in [0, 0.05) is 23.7 Å². The molecule has 1 aliphatic rings. The van der Waals surface area contributed by atoms with Crippen LogP contribution < -0.4 is 4.72 Å². The van der Waals surface area contributed by atoms with Gasteiger partial charge < -0.3 is 9.84 Å². The van der Waals surface area contributed by atoms with Crippen molar-refractivity contribution in [2.45, 2.75) is 37.3 Å². The Morgan fingerprint density at radius 3 is 2.65 bits per heavy atom. The van der Waals surface area contributed by atoms with Crippen LogP contribution in [-0.2, 0) is 21.4 Å². The molecule has 1 saturated heterocycles. The van der Waals surface area contributed by atoms with Crippen molar-refractivity contribution < 1.29 is 18.3 Å². The second-order valence-corrected chi connectivity index (χ2v) is 7.37. The maximum absolute atomic E-state index is 12.5. The predicted molar refractivity (Wildman–Crippen MR) is 79.0 cm³/mol. The summed E-state index contributed by atoms with van der Waals surface area (Å²) in [6.07, 6.45) is 1.35. The van der Waals surface area contributed by atoms with Crippen molar-refractivity contribution in [1.82, 2.24) is 4.72 Å². The van der Waals surface area contributed by atoms with E-state index in [2.05, 4.69) is 20.7 Å². The number of nitrogens with one attached hydrogen (secondary N) is 1. The average Bonchev–Trinajstić information content (AvgIpc) is 2.42. The Morgan fingerprint density at radius 1 is 1.40 bits per heavy atom. The van der Waals surface area contributed by atoms with Crippen molar-refractivity contribution >= 4 is 26.0 Å². The van der Waals surface area contributed by atoms with Crippen LogP contribution in [0.5, 0.6) is 0 Å². The van der Waals surface area contributed by atoms with E-state index in [1.54, 1.807) is 13.0 Å². The van der Waals surface area contributed by atoms with Crippen LogP contribution in [0.3, 0.4) is 0 Å². The van der Waals surface area contributed by atoms with E-state index in [1.807, 2.05) is 0 Å². The van der Waals surface area contributed by atoms with Crippen LogP contribution in [0.15, 0.2) is 21.5 Å². The van der Waals surface area contributed by atoms with Gasteiger partial charge in [-0.05, 0) is 52.9 Å². The Hall–Kier alpha value is -0.470. The Kier molecular flexibility index (Phi) is 5.19. The number of benzene rings is 1. The van der Waals surface area contributed by atoms with Crippen molar-refractivity contribution in [3.63, 3.8) is 0 Å². The van der Waals surface area contributed by atoms with E-state index in [1.165, 1.54) is 6.07 Å². The number of ether oxygens (including phenoxy) is 1. The fraction of sp³-hybridized carbons (Fsp3) is 0.538. The molecule has 1 fully saturated rings. The molecule has 1 aromatic carbocycles. The first kappa shape index (κ1) is 15.9. The molecule has 1 aliphatic heterocycles. The molecule has 5 nitrogen and oxygen atoms in total. The zero-order valence-electron chi connectivity index (χ0n) is 11.2. The summed E-state index contributed by atoms with van der Waals surface area (Å²) in [5, 5.41) is 9.22. The summed E-state index contributed by atoms with van der Waals surface area (Å²) in [7, 11) is -3.61. The lowest BCUT2D eigenvalue weighted by Gasteiger charge is -2.23. The Morgan fingerprint density at radius 2 is 2.05 bits per heavy atom. The van der Waals surface area contributed by atoms with Gasteiger partial charge in [-0.2, -0.15) is 0 Å². The molecule has 0 aromatic heterocycles. The molecule has 0 aliphatic carbocycles. The largest absolute Gasteiger partial charge is 0.392 e. The third kappa shape index (κ3) is 3.59. The number of hydrogen-bond donors (Lipinski definition) is 2. The molecule has 112 valence electrons. The Balaban J connectivity index is 2.30. The van der Waals surface area contributed by atoms with Crippen LogP contribution in [0, 0.1) is 6.92 Å². The molecule has 0 bridgehead atoms. The molecule has 0 unspecified atom stereocenters. The number of aryl methyl sites for hydroxylation is 1. The summed E-state index contributed by atoms with van der Waals surface area (Å²) in [6.45, 7) is 2.76. The monoisotopic (exact) mass is 363 g/mol. The topological polar surface area (TPSA) is 75.6 Å². The number of sulfonamides is 1. The van der Waals surface area contributed by atoms with E-state index in [0.717, 1.165) is 5.56 Å². The van der Waals surface area contributed by atoms with Gasteiger partial charge in [-0.3, -0.25) is 0 Å². The lowest BCUT2D eigenvalue weighted by atomic mass is 10.1. The lowest BCUT2D eigenvalue weighted by Crippen LogP contribution is -2.39. The molecule has 0 spiro atoms. The van der Waals surface area contributed by atoms with E-state index in [9.17, 15) is 13.5 Å². The van der Waals surface area contributed by atoms with Crippen molar-refractivity contribution in [3.05, 3.63) is 27.7 Å². The van der Waals surface area contributed by atoms with Crippen LogP contribution in [0.25, 0.3) is 0 Å². The van der Waals surface area contributed by atoms with E-state index in [-0.39, 0.29) is 17.5 Å². The predicted octanol–water partition coefficient (Wildman–Crippen LogP) is 1.71. The summed E-state index contributed by atoms with van der Waals surface area (Å²) in [5.74, 6) is 0. The lowest BCUT2D eigenvalue weighted by molar-refractivity contribution is 0.0832. The van der Waals surface area contributed by atoms with E-state index >= 15 is 0 Å². The number of aliphatic hydroxyl groups excluding tert-OH is 1. The minimum absolute atomic E-state index is 0.0984. The van der Waals surface area contributed by atoms with Crippen LogP contribution in [0.1, 0.15) is 24.0 Å². The zero-order valence-corrected chi connectivity index (χ0v) is 13.6. The first-order valence-corrected chi connectivity index (χ1v) is 8.71. The normalized spacial score (nSPS) is 17.4. The van der Waals surface area contributed by atoms with Crippen LogP contribution in [0.2, 0.25) is 0 Å². The summed E-state index contributed by atoms with van der Waals surface area (Å²) >= 11 is 3.32. The highest BCUT2D eigenvalue weighted by atomic mass is 79.9. The van der Waals surface area contributed by atoms with E-state index in [4.69, 9.17) is 4.74 Å². The minimum Gasteiger partial charge on any atom is -0.392 e. The fourth-order valence-corrected chi connectivity index (χ4v) is 4.57. The Labute approximate surface area is 127 Å². The highest BCUT2D eigenvalue weighted by molar-refractivity contribution is 9.10. The smallest absolute Gasteiger partial charge is 0.241 e. The standard InChI is InChI=1S/C13H18BrNO4S/c1-9-6-10(8-16)7-12(13(9)14)20(17,18)15-11-2-4-19-5-3-11/h6-7,11,15-16H,2-5,8H2,1H3. The third-order valence-corrected chi connectivity index (χ3v) is 6.16. The van der Waals surface area contributed by atoms with Crippen molar-refractivity contribution in [2.75, 3.05) is 13.2 Å². The fourth-order valence-electron chi connectivity index (χ4n) is 2.19. The second kappa shape index (κ2) is 6.53. The number of halogens is 1.